The second-order valence-electron chi connectivity index (χ2n) is 15.8. The van der Waals surface area contributed by atoms with E-state index in [0.717, 1.165) is 38.6 Å². The Kier molecular flexibility index (Phi) is 9.90. The predicted molar refractivity (Wildman–Crippen MR) is 213 cm³/mol. The number of benzene rings is 3. The van der Waals surface area contributed by atoms with Crippen molar-refractivity contribution in [3.05, 3.63) is 147 Å². The van der Waals surface area contributed by atoms with Crippen molar-refractivity contribution in [1.82, 2.24) is 0 Å². The Morgan fingerprint density at radius 3 is 2.45 bits per heavy atom. The van der Waals surface area contributed by atoms with E-state index in [-0.39, 0.29) is 10.8 Å². The van der Waals surface area contributed by atoms with Gasteiger partial charge in [0.15, 0.2) is 5.71 Å². The van der Waals surface area contributed by atoms with Crippen LogP contribution in [0, 0.1) is 19.8 Å². The van der Waals surface area contributed by atoms with Gasteiger partial charge in [0.2, 0.25) is 5.69 Å². The van der Waals surface area contributed by atoms with Crippen molar-refractivity contribution in [2.24, 2.45) is 5.92 Å². The number of nitrogens with zero attached hydrogens (tertiary/aromatic N) is 2. The van der Waals surface area contributed by atoms with E-state index in [1.165, 1.54) is 67.3 Å². The van der Waals surface area contributed by atoms with Crippen molar-refractivity contribution < 1.29 is 4.58 Å². The second-order valence-corrected chi connectivity index (χ2v) is 15.8. The second kappa shape index (κ2) is 14.0. The summed E-state index contributed by atoms with van der Waals surface area (Å²) in [5.74, 6) is 0.646. The monoisotopic (exact) mass is 649 g/mol. The predicted octanol–water partition coefficient (Wildman–Crippen LogP) is 11.7. The van der Waals surface area contributed by atoms with E-state index in [4.69, 9.17) is 0 Å². The summed E-state index contributed by atoms with van der Waals surface area (Å²) in [7, 11) is 2.24. The Bertz CT molecular complexity index is 1900. The van der Waals surface area contributed by atoms with Crippen molar-refractivity contribution in [3.8, 4) is 0 Å². The highest BCUT2D eigenvalue weighted by Crippen LogP contribution is 2.53. The third-order valence-electron chi connectivity index (χ3n) is 11.2. The largest absolute Gasteiger partial charge is 0.344 e. The SMILES string of the molecule is CC(C)=CCC1(C)\C(=C/C=C/C=C/C2=[N+](C)c3c(C)cccc3C2(C)Cc2ccc(C)cc2)N(CCC(C)C)c2ccc3c(c21)C=CCC3. The van der Waals surface area contributed by atoms with Crippen molar-refractivity contribution >= 4 is 23.2 Å². The Labute approximate surface area is 297 Å². The third-order valence-corrected chi connectivity index (χ3v) is 11.2. The smallest absolute Gasteiger partial charge is 0.212 e. The fourth-order valence-corrected chi connectivity index (χ4v) is 8.51. The molecule has 3 aromatic rings. The molecule has 1 aliphatic carbocycles. The molecular formula is C47H57N2+. The molecule has 0 radical (unpaired) electrons. The molecule has 0 saturated heterocycles. The Morgan fingerprint density at radius 1 is 0.939 bits per heavy atom. The Balaban J connectivity index is 1.38. The van der Waals surface area contributed by atoms with E-state index in [9.17, 15) is 0 Å². The third kappa shape index (κ3) is 6.60. The number of aryl methyl sites for hydroxylation is 3. The first-order valence-electron chi connectivity index (χ1n) is 18.5. The summed E-state index contributed by atoms with van der Waals surface area (Å²) in [6, 6.07) is 20.7. The van der Waals surface area contributed by atoms with Gasteiger partial charge in [0, 0.05) is 40.5 Å². The standard InChI is InChI=1S/C47H57N2/c1-33(2)28-30-46(7)43(49(31-29-34(3)4)41-27-26-38-17-13-14-18-39(38)44(41)46)21-12-10-11-20-42-47(8,32-37-24-22-35(5)23-25-37)40-19-15-16-36(6)45(40)48(42)9/h10-12,14-16,18-28,34H,13,17,29-32H2,1-9H3/q+1. The van der Waals surface area contributed by atoms with Crippen LogP contribution in [0.2, 0.25) is 0 Å². The van der Waals surface area contributed by atoms with Crippen LogP contribution in [0.5, 0.6) is 0 Å². The fourth-order valence-electron chi connectivity index (χ4n) is 8.51. The van der Waals surface area contributed by atoms with Gasteiger partial charge in [-0.15, -0.1) is 0 Å². The van der Waals surface area contributed by atoms with Crippen molar-refractivity contribution in [1.29, 1.82) is 0 Å². The zero-order chi connectivity index (χ0) is 34.9. The molecule has 6 rings (SSSR count). The molecular weight excluding hydrogens is 593 g/mol. The number of fused-ring (bicyclic) bond motifs is 4. The molecule has 3 aliphatic rings. The molecule has 0 amide bonds. The lowest BCUT2D eigenvalue weighted by Gasteiger charge is -2.31. The van der Waals surface area contributed by atoms with Gasteiger partial charge >= 0.3 is 0 Å². The van der Waals surface area contributed by atoms with E-state index in [1.807, 2.05) is 0 Å². The number of hydrogen-bond donors (Lipinski definition) is 0. The maximum absolute atomic E-state index is 2.64. The van der Waals surface area contributed by atoms with E-state index in [1.54, 1.807) is 0 Å². The number of anilines is 1. The number of hydrogen-bond acceptors (Lipinski definition) is 1. The van der Waals surface area contributed by atoms with E-state index in [0.29, 0.717) is 5.92 Å². The fraction of sp³-hybridized carbons (Fsp3) is 0.383. The van der Waals surface area contributed by atoms with Gasteiger partial charge in [0.1, 0.15) is 7.05 Å². The number of rotatable bonds is 10. The van der Waals surface area contributed by atoms with Crippen LogP contribution >= 0.6 is 0 Å². The van der Waals surface area contributed by atoms with Crippen LogP contribution in [-0.2, 0) is 23.7 Å². The van der Waals surface area contributed by atoms with Crippen LogP contribution in [0.25, 0.3) is 6.08 Å². The summed E-state index contributed by atoms with van der Waals surface area (Å²) < 4.78 is 2.43. The van der Waals surface area contributed by atoms with Crippen molar-refractivity contribution in [3.63, 3.8) is 0 Å². The first-order valence-corrected chi connectivity index (χ1v) is 18.5. The first kappa shape index (κ1) is 34.7. The molecule has 0 N–H and O–H groups in total. The molecule has 0 aromatic heterocycles. The molecule has 2 unspecified atom stereocenters. The van der Waals surface area contributed by atoms with Gasteiger partial charge in [-0.05, 0) is 114 Å². The molecule has 2 nitrogen and oxygen atoms in total. The molecule has 2 heterocycles. The molecule has 0 spiro atoms. The maximum atomic E-state index is 2.64. The summed E-state index contributed by atoms with van der Waals surface area (Å²) in [4.78, 5) is 2.64. The quantitative estimate of drug-likeness (QED) is 0.120. The summed E-state index contributed by atoms with van der Waals surface area (Å²) >= 11 is 0. The van der Waals surface area contributed by atoms with Crippen LogP contribution in [0.15, 0.2) is 108 Å². The molecule has 2 atom stereocenters. The average molecular weight is 650 g/mol. The van der Waals surface area contributed by atoms with Crippen molar-refractivity contribution in [2.45, 2.75) is 98.3 Å². The normalized spacial score (nSPS) is 22.2. The lowest BCUT2D eigenvalue weighted by Crippen LogP contribution is -2.33. The van der Waals surface area contributed by atoms with Gasteiger partial charge in [-0.1, -0.05) is 110 Å². The van der Waals surface area contributed by atoms with Gasteiger partial charge in [-0.3, -0.25) is 0 Å². The van der Waals surface area contributed by atoms with Crippen LogP contribution in [0.4, 0.5) is 11.4 Å². The van der Waals surface area contributed by atoms with Gasteiger partial charge < -0.3 is 4.90 Å². The minimum atomic E-state index is -0.121. The van der Waals surface area contributed by atoms with Gasteiger partial charge in [0.25, 0.3) is 0 Å². The van der Waals surface area contributed by atoms with Crippen LogP contribution in [0.3, 0.4) is 0 Å². The summed E-state index contributed by atoms with van der Waals surface area (Å²) in [5, 5.41) is 0. The minimum Gasteiger partial charge on any atom is -0.344 e. The average Bonchev–Trinajstić information content (AvgIpc) is 3.44. The topological polar surface area (TPSA) is 6.25 Å². The molecule has 0 fully saturated rings. The molecule has 0 saturated carbocycles. The van der Waals surface area contributed by atoms with Gasteiger partial charge in [-0.2, -0.15) is 4.58 Å². The zero-order valence-electron chi connectivity index (χ0n) is 31.5. The zero-order valence-corrected chi connectivity index (χ0v) is 31.5. The molecule has 254 valence electrons. The van der Waals surface area contributed by atoms with E-state index in [2.05, 4.69) is 175 Å². The van der Waals surface area contributed by atoms with Crippen LogP contribution in [0.1, 0.15) is 99.7 Å². The van der Waals surface area contributed by atoms with Crippen LogP contribution < -0.4 is 4.90 Å². The summed E-state index contributed by atoms with van der Waals surface area (Å²) in [6.45, 7) is 19.5. The molecule has 2 heteroatoms. The minimum absolute atomic E-state index is 0.100. The number of para-hydroxylation sites is 1. The highest BCUT2D eigenvalue weighted by atomic mass is 15.2. The Morgan fingerprint density at radius 2 is 1.71 bits per heavy atom. The lowest BCUT2D eigenvalue weighted by molar-refractivity contribution is -0.402. The molecule has 0 bridgehead atoms. The molecule has 49 heavy (non-hydrogen) atoms. The lowest BCUT2D eigenvalue weighted by atomic mass is 9.74. The summed E-state index contributed by atoms with van der Waals surface area (Å²) in [6.07, 6.45) is 24.2. The van der Waals surface area contributed by atoms with Crippen molar-refractivity contribution in [2.75, 3.05) is 18.5 Å². The van der Waals surface area contributed by atoms with E-state index < -0.39 is 0 Å². The molecule has 3 aromatic carbocycles. The maximum Gasteiger partial charge on any atom is 0.212 e. The highest BCUT2D eigenvalue weighted by molar-refractivity contribution is 6.04. The van der Waals surface area contributed by atoms with E-state index >= 15 is 0 Å². The number of allylic oxidation sites excluding steroid dienone is 9. The van der Waals surface area contributed by atoms with Gasteiger partial charge in [0.05, 0.1) is 5.41 Å². The van der Waals surface area contributed by atoms with Gasteiger partial charge in [-0.25, -0.2) is 0 Å². The first-order chi connectivity index (χ1) is 23.4. The highest BCUT2D eigenvalue weighted by Gasteiger charge is 2.47. The Hall–Kier alpha value is -4.17. The summed E-state index contributed by atoms with van der Waals surface area (Å²) in [5.41, 5.74) is 16.5. The molecule has 2 aliphatic heterocycles. The van der Waals surface area contributed by atoms with Crippen LogP contribution in [-0.4, -0.2) is 23.9 Å².